The van der Waals surface area contributed by atoms with Crippen LogP contribution in [-0.2, 0) is 57.4 Å². The average molecular weight is 855 g/mol. The topological polar surface area (TPSA) is 0 Å². The van der Waals surface area contributed by atoms with Gasteiger partial charge in [0.15, 0.2) is 0 Å². The maximum atomic E-state index is 4.93. The van der Waals surface area contributed by atoms with E-state index in [1.54, 1.807) is 0 Å². The first-order valence-corrected chi connectivity index (χ1v) is 28.2. The molecule has 0 unspecified atom stereocenters. The van der Waals surface area contributed by atoms with E-state index in [0.717, 1.165) is 35.2 Å². The summed E-state index contributed by atoms with van der Waals surface area (Å²) < 4.78 is 0. The van der Waals surface area contributed by atoms with E-state index >= 15 is 0 Å². The molecule has 0 heterocycles. The Morgan fingerprint density at radius 3 is 1.19 bits per heavy atom. The number of halogens is 2. The van der Waals surface area contributed by atoms with Crippen molar-refractivity contribution in [2.24, 2.45) is 0 Å². The van der Waals surface area contributed by atoms with Crippen LogP contribution in [0.15, 0.2) is 97.1 Å². The number of fused-ring (bicyclic) bond motifs is 2. The van der Waals surface area contributed by atoms with E-state index in [0.29, 0.717) is 0 Å². The fourth-order valence-electron chi connectivity index (χ4n) is 7.53. The van der Waals surface area contributed by atoms with Crippen molar-refractivity contribution in [1.82, 2.24) is 0 Å². The molecule has 0 aliphatic heterocycles. The summed E-state index contributed by atoms with van der Waals surface area (Å²) in [6.07, 6.45) is 6.85. The third-order valence-electron chi connectivity index (χ3n) is 9.93. The molecule has 0 bridgehead atoms. The third kappa shape index (κ3) is 11.9. The summed E-state index contributed by atoms with van der Waals surface area (Å²) in [6.45, 7) is 27.3. The summed E-state index contributed by atoms with van der Waals surface area (Å²) in [4.78, 5) is 0. The van der Waals surface area contributed by atoms with E-state index in [2.05, 4.69) is 179 Å². The minimum absolute atomic E-state index is 0.132. The molecular formula is C50H64Cl2SiZr. The summed E-state index contributed by atoms with van der Waals surface area (Å²) in [6, 6.07) is 36.8. The van der Waals surface area contributed by atoms with Gasteiger partial charge < -0.3 is 0 Å². The van der Waals surface area contributed by atoms with Crippen molar-refractivity contribution in [3.05, 3.63) is 130 Å². The molecule has 6 aromatic rings. The molecule has 0 aliphatic rings. The van der Waals surface area contributed by atoms with E-state index in [-0.39, 0.29) is 10.8 Å². The van der Waals surface area contributed by atoms with Crippen LogP contribution in [0.3, 0.4) is 0 Å². The Kier molecular flexibility index (Phi) is 18.7. The number of rotatable bonds is 8. The summed E-state index contributed by atoms with van der Waals surface area (Å²) in [5, 5.41) is 5.61. The molecule has 0 fully saturated rings. The zero-order valence-corrected chi connectivity index (χ0v) is 40.2. The van der Waals surface area contributed by atoms with Gasteiger partial charge in [-0.05, 0) is 58.8 Å². The molecule has 0 saturated heterocycles. The third-order valence-corrected chi connectivity index (χ3v) is 9.93. The van der Waals surface area contributed by atoms with Gasteiger partial charge >= 0.3 is 37.9 Å². The summed E-state index contributed by atoms with van der Waals surface area (Å²) in [5.74, 6) is 0. The van der Waals surface area contributed by atoms with Gasteiger partial charge in [-0.2, -0.15) is 12.1 Å². The molecule has 0 atom stereocenters. The molecule has 6 aromatic carbocycles. The van der Waals surface area contributed by atoms with Gasteiger partial charge in [0.2, 0.25) is 0 Å². The Morgan fingerprint density at radius 2 is 0.889 bits per heavy atom. The van der Waals surface area contributed by atoms with E-state index in [1.165, 1.54) is 90.0 Å². The van der Waals surface area contributed by atoms with Crippen LogP contribution in [0.25, 0.3) is 43.8 Å². The monoisotopic (exact) mass is 852 g/mol. The van der Waals surface area contributed by atoms with Crippen LogP contribution in [0.5, 0.6) is 0 Å². The second-order valence-electron chi connectivity index (χ2n) is 16.3. The predicted octanol–water partition coefficient (Wildman–Crippen LogP) is 16.2. The van der Waals surface area contributed by atoms with Crippen molar-refractivity contribution in [2.75, 3.05) is 0 Å². The first kappa shape index (κ1) is 46.2. The molecule has 0 aliphatic carbocycles. The summed E-state index contributed by atoms with van der Waals surface area (Å²) >= 11 is -0.826. The maximum absolute atomic E-state index is 4.93. The Morgan fingerprint density at radius 1 is 0.556 bits per heavy atom. The zero-order chi connectivity index (χ0) is 40.1. The number of hydrogen-bond donors (Lipinski definition) is 0. The molecule has 4 heteroatoms. The SMILES string of the molecule is CCCc1cc2c(-c3ccccc3CC)c(C(C)(C)C)ccc2[cH-]1.CCCc1cc2c(-c3ccccc3CC)c(C(C)(C)C)ccc2[cH-]1.C[Si]C.[Cl][Zr+2][Cl]. The van der Waals surface area contributed by atoms with Crippen LogP contribution in [0.4, 0.5) is 0 Å². The molecule has 0 spiro atoms. The van der Waals surface area contributed by atoms with Gasteiger partial charge in [-0.25, -0.2) is 0 Å². The molecule has 286 valence electrons. The molecule has 2 radical (unpaired) electrons. The Bertz CT molecular complexity index is 1880. The first-order chi connectivity index (χ1) is 25.7. The number of hydrogen-bond acceptors (Lipinski definition) is 0. The Labute approximate surface area is 350 Å². The molecule has 0 nitrogen and oxygen atoms in total. The summed E-state index contributed by atoms with van der Waals surface area (Å²) in [7, 11) is 11.0. The zero-order valence-electron chi connectivity index (χ0n) is 35.2. The Balaban J connectivity index is 0.000000254. The second-order valence-corrected chi connectivity index (χ2v) is 21.0. The average Bonchev–Trinajstić information content (AvgIpc) is 3.75. The van der Waals surface area contributed by atoms with Gasteiger partial charge in [-0.15, -0.1) is 69.1 Å². The number of benzene rings is 4. The van der Waals surface area contributed by atoms with Crippen LogP contribution >= 0.6 is 17.0 Å². The molecule has 6 rings (SSSR count). The fourth-order valence-corrected chi connectivity index (χ4v) is 7.53. The molecule has 0 amide bonds. The van der Waals surface area contributed by atoms with Crippen LogP contribution in [-0.4, -0.2) is 9.52 Å². The minimum atomic E-state index is -0.826. The molecular weight excluding hydrogens is 791 g/mol. The van der Waals surface area contributed by atoms with E-state index < -0.39 is 20.8 Å². The normalized spacial score (nSPS) is 11.2. The van der Waals surface area contributed by atoms with Crippen molar-refractivity contribution in [1.29, 1.82) is 0 Å². The van der Waals surface area contributed by atoms with E-state index in [1.807, 2.05) is 0 Å². The quantitative estimate of drug-likeness (QED) is 0.106. The van der Waals surface area contributed by atoms with Gasteiger partial charge in [0.1, 0.15) is 0 Å². The van der Waals surface area contributed by atoms with Crippen LogP contribution in [0.1, 0.15) is 115 Å². The Hall–Kier alpha value is -2.22. The van der Waals surface area contributed by atoms with Crippen LogP contribution < -0.4 is 0 Å². The van der Waals surface area contributed by atoms with Gasteiger partial charge in [-0.1, -0.05) is 166 Å². The van der Waals surface area contributed by atoms with Crippen molar-refractivity contribution in [3.63, 3.8) is 0 Å². The summed E-state index contributed by atoms with van der Waals surface area (Å²) in [5.41, 5.74) is 14.7. The standard InChI is InChI=1S/2C24H29.C2H6Si.2ClH.Zr/c2*1-6-10-17-15-19-13-14-22(24(3,4)5)23(21(19)16-17)20-12-9-8-11-18(20)7-2;1-3-2;;;/h2*8-9,11-16H,6-7,10H2,1-5H3;1-2H3;2*1H;/q2*-1;;;;+4/p-2. The van der Waals surface area contributed by atoms with E-state index in [9.17, 15) is 0 Å². The van der Waals surface area contributed by atoms with Gasteiger partial charge in [0, 0.05) is 9.52 Å². The molecule has 0 aromatic heterocycles. The van der Waals surface area contributed by atoms with Crippen LogP contribution in [0, 0.1) is 0 Å². The van der Waals surface area contributed by atoms with Gasteiger partial charge in [0.25, 0.3) is 0 Å². The van der Waals surface area contributed by atoms with Gasteiger partial charge in [0.05, 0.1) is 0 Å². The van der Waals surface area contributed by atoms with E-state index in [4.69, 9.17) is 17.0 Å². The predicted molar refractivity (Wildman–Crippen MR) is 243 cm³/mol. The van der Waals surface area contributed by atoms with Gasteiger partial charge in [-0.3, -0.25) is 0 Å². The second kappa shape index (κ2) is 21.9. The first-order valence-electron chi connectivity index (χ1n) is 19.9. The van der Waals surface area contributed by atoms with Crippen LogP contribution in [0.2, 0.25) is 13.1 Å². The van der Waals surface area contributed by atoms with Crippen molar-refractivity contribution < 1.29 is 20.8 Å². The van der Waals surface area contributed by atoms with Crippen molar-refractivity contribution in [2.45, 2.75) is 132 Å². The fraction of sp³-hybridized carbons (Fsp3) is 0.400. The molecule has 54 heavy (non-hydrogen) atoms. The molecule has 0 saturated carbocycles. The van der Waals surface area contributed by atoms with Crippen molar-refractivity contribution >= 4 is 48.1 Å². The number of aryl methyl sites for hydroxylation is 4. The molecule has 0 N–H and O–H groups in total. The van der Waals surface area contributed by atoms with Crippen molar-refractivity contribution in [3.8, 4) is 22.3 Å².